The Hall–Kier alpha value is -2.43. The van der Waals surface area contributed by atoms with Crippen LogP contribution in [0.15, 0.2) is 73.3 Å². The summed E-state index contributed by atoms with van der Waals surface area (Å²) in [5.41, 5.74) is -0.636. The number of aliphatic carboxylic acids is 1. The van der Waals surface area contributed by atoms with Crippen molar-refractivity contribution in [1.29, 1.82) is 0 Å². The highest BCUT2D eigenvalue weighted by Crippen LogP contribution is 2.43. The van der Waals surface area contributed by atoms with Crippen LogP contribution in [0.3, 0.4) is 0 Å². The molecule has 0 spiro atoms. The quantitative estimate of drug-likeness (QED) is 0.771. The van der Waals surface area contributed by atoms with Crippen molar-refractivity contribution in [2.24, 2.45) is 5.92 Å². The highest BCUT2D eigenvalue weighted by atomic mass is 16.5. The largest absolute Gasteiger partial charge is 0.481 e. The van der Waals surface area contributed by atoms with E-state index in [0.717, 1.165) is 0 Å². The zero-order valence-corrected chi connectivity index (χ0v) is 12.9. The Morgan fingerprint density at radius 3 is 2.09 bits per heavy atom. The van der Waals surface area contributed by atoms with Crippen LogP contribution in [-0.2, 0) is 15.1 Å². The van der Waals surface area contributed by atoms with E-state index in [1.54, 1.807) is 42.5 Å². The molecule has 0 saturated heterocycles. The number of carboxylic acid groups (broad SMARTS) is 1. The molecule has 3 atom stereocenters. The minimum Gasteiger partial charge on any atom is -0.481 e. The number of hydrogen-bond acceptors (Lipinski definition) is 3. The molecular formula is C19H20O4. The highest BCUT2D eigenvalue weighted by Gasteiger charge is 2.48. The average molecular weight is 312 g/mol. The van der Waals surface area contributed by atoms with Gasteiger partial charge in [-0.25, -0.2) is 0 Å². The van der Waals surface area contributed by atoms with Crippen LogP contribution in [-0.4, -0.2) is 23.3 Å². The van der Waals surface area contributed by atoms with Crippen LogP contribution in [0.2, 0.25) is 0 Å². The second kappa shape index (κ2) is 7.22. The SMILES string of the molecule is C=CC(C(=O)O)C(O)(c1ccccc1)C(OC)c1ccccc1. The van der Waals surface area contributed by atoms with Gasteiger partial charge >= 0.3 is 5.97 Å². The third-order valence-corrected chi connectivity index (χ3v) is 3.95. The fourth-order valence-electron chi connectivity index (χ4n) is 2.87. The lowest BCUT2D eigenvalue weighted by Gasteiger charge is -2.39. The molecule has 2 aromatic rings. The molecular weight excluding hydrogens is 292 g/mol. The first-order valence-electron chi connectivity index (χ1n) is 7.26. The first kappa shape index (κ1) is 16.9. The van der Waals surface area contributed by atoms with Gasteiger partial charge in [0.2, 0.25) is 0 Å². The van der Waals surface area contributed by atoms with Gasteiger partial charge in [0, 0.05) is 7.11 Å². The summed E-state index contributed by atoms with van der Waals surface area (Å²) in [7, 11) is 1.45. The number of benzene rings is 2. The first-order chi connectivity index (χ1) is 11.1. The van der Waals surface area contributed by atoms with Gasteiger partial charge in [-0.3, -0.25) is 4.79 Å². The summed E-state index contributed by atoms with van der Waals surface area (Å²) in [6.45, 7) is 3.59. The molecule has 4 nitrogen and oxygen atoms in total. The molecule has 2 rings (SSSR count). The molecule has 0 aliphatic rings. The van der Waals surface area contributed by atoms with Crippen molar-refractivity contribution < 1.29 is 19.7 Å². The standard InChI is InChI=1S/C19H20O4/c1-3-16(18(20)21)19(22,15-12-8-5-9-13-15)17(23-2)14-10-6-4-7-11-14/h3-13,16-17,22H,1H2,2H3,(H,20,21). The van der Waals surface area contributed by atoms with Gasteiger partial charge in [0.05, 0.1) is 0 Å². The van der Waals surface area contributed by atoms with Crippen LogP contribution in [0.5, 0.6) is 0 Å². The second-order valence-electron chi connectivity index (χ2n) is 5.27. The number of ether oxygens (including phenoxy) is 1. The van der Waals surface area contributed by atoms with Gasteiger partial charge < -0.3 is 14.9 Å². The van der Waals surface area contributed by atoms with Gasteiger partial charge in [-0.1, -0.05) is 66.7 Å². The number of methoxy groups -OCH3 is 1. The predicted molar refractivity (Wildman–Crippen MR) is 87.9 cm³/mol. The summed E-state index contributed by atoms with van der Waals surface area (Å²) in [5, 5.41) is 21.0. The van der Waals surface area contributed by atoms with Crippen molar-refractivity contribution >= 4 is 5.97 Å². The minimum absolute atomic E-state index is 0.461. The number of carboxylic acids is 1. The number of rotatable bonds is 7. The van der Waals surface area contributed by atoms with E-state index in [9.17, 15) is 15.0 Å². The fourth-order valence-corrected chi connectivity index (χ4v) is 2.87. The summed E-state index contributed by atoms with van der Waals surface area (Å²) < 4.78 is 5.53. The Morgan fingerprint density at radius 2 is 1.65 bits per heavy atom. The Kier molecular flexibility index (Phi) is 5.32. The van der Waals surface area contributed by atoms with E-state index in [0.29, 0.717) is 11.1 Å². The zero-order chi connectivity index (χ0) is 16.9. The number of aliphatic hydroxyl groups is 1. The minimum atomic E-state index is -1.79. The lowest BCUT2D eigenvalue weighted by Crippen LogP contribution is -2.44. The van der Waals surface area contributed by atoms with Gasteiger partial charge in [0.1, 0.15) is 17.6 Å². The maximum Gasteiger partial charge on any atom is 0.313 e. The Balaban J connectivity index is 2.66. The normalized spacial score (nSPS) is 16.1. The van der Waals surface area contributed by atoms with E-state index in [2.05, 4.69) is 6.58 Å². The first-order valence-corrected chi connectivity index (χ1v) is 7.26. The maximum absolute atomic E-state index is 11.7. The third-order valence-electron chi connectivity index (χ3n) is 3.95. The van der Waals surface area contributed by atoms with Crippen LogP contribution in [0.25, 0.3) is 0 Å². The fraction of sp³-hybridized carbons (Fsp3) is 0.211. The molecule has 0 fully saturated rings. The monoisotopic (exact) mass is 312 g/mol. The van der Waals surface area contributed by atoms with Gasteiger partial charge in [-0.15, -0.1) is 6.58 Å². The van der Waals surface area contributed by atoms with Crippen molar-refractivity contribution in [2.75, 3.05) is 7.11 Å². The Bertz CT molecular complexity index is 654. The van der Waals surface area contributed by atoms with E-state index >= 15 is 0 Å². The zero-order valence-electron chi connectivity index (χ0n) is 12.9. The number of carbonyl (C=O) groups is 1. The average Bonchev–Trinajstić information content (AvgIpc) is 2.57. The molecule has 0 saturated carbocycles. The van der Waals surface area contributed by atoms with E-state index in [4.69, 9.17) is 4.74 Å². The molecule has 2 N–H and O–H groups in total. The topological polar surface area (TPSA) is 66.8 Å². The summed E-state index contributed by atoms with van der Waals surface area (Å²) in [6.07, 6.45) is 0.384. The smallest absolute Gasteiger partial charge is 0.313 e. The molecule has 120 valence electrons. The summed E-state index contributed by atoms with van der Waals surface area (Å²) in [5.74, 6) is -2.39. The molecule has 2 aromatic carbocycles. The molecule has 0 heterocycles. The van der Waals surface area contributed by atoms with Crippen LogP contribution in [0, 0.1) is 5.92 Å². The highest BCUT2D eigenvalue weighted by molar-refractivity contribution is 5.74. The summed E-state index contributed by atoms with van der Waals surface area (Å²) in [6, 6.07) is 17.8. The van der Waals surface area contributed by atoms with Crippen LogP contribution >= 0.6 is 0 Å². The van der Waals surface area contributed by atoms with Crippen molar-refractivity contribution in [3.8, 4) is 0 Å². The lowest BCUT2D eigenvalue weighted by atomic mass is 9.74. The molecule has 0 amide bonds. The van der Waals surface area contributed by atoms with Crippen LogP contribution in [0.1, 0.15) is 17.2 Å². The van der Waals surface area contributed by atoms with Gasteiger partial charge in [0.15, 0.2) is 0 Å². The van der Waals surface area contributed by atoms with Gasteiger partial charge in [0.25, 0.3) is 0 Å². The summed E-state index contributed by atoms with van der Waals surface area (Å²) in [4.78, 5) is 11.7. The summed E-state index contributed by atoms with van der Waals surface area (Å²) >= 11 is 0. The van der Waals surface area contributed by atoms with E-state index in [1.807, 2.05) is 18.2 Å². The molecule has 0 aliphatic heterocycles. The Labute approximate surface area is 135 Å². The van der Waals surface area contributed by atoms with Gasteiger partial charge in [-0.2, -0.15) is 0 Å². The molecule has 0 aliphatic carbocycles. The molecule has 3 unspecified atom stereocenters. The van der Waals surface area contributed by atoms with Crippen LogP contribution in [0.4, 0.5) is 0 Å². The van der Waals surface area contributed by atoms with Crippen molar-refractivity contribution in [2.45, 2.75) is 11.7 Å². The molecule has 4 heteroatoms. The van der Waals surface area contributed by atoms with Gasteiger partial charge in [-0.05, 0) is 11.1 Å². The second-order valence-corrected chi connectivity index (χ2v) is 5.27. The maximum atomic E-state index is 11.7. The van der Waals surface area contributed by atoms with Crippen LogP contribution < -0.4 is 0 Å². The number of hydrogen-bond donors (Lipinski definition) is 2. The molecule has 0 radical (unpaired) electrons. The van der Waals surface area contributed by atoms with Crippen molar-refractivity contribution in [3.05, 3.63) is 84.4 Å². The predicted octanol–water partition coefficient (Wildman–Crippen LogP) is 3.15. The third kappa shape index (κ3) is 3.18. The van der Waals surface area contributed by atoms with E-state index < -0.39 is 23.6 Å². The molecule has 0 bridgehead atoms. The van der Waals surface area contributed by atoms with E-state index in [1.165, 1.54) is 13.2 Å². The van der Waals surface area contributed by atoms with Crippen molar-refractivity contribution in [1.82, 2.24) is 0 Å². The van der Waals surface area contributed by atoms with Crippen molar-refractivity contribution in [3.63, 3.8) is 0 Å². The van der Waals surface area contributed by atoms with E-state index in [-0.39, 0.29) is 0 Å². The molecule has 23 heavy (non-hydrogen) atoms. The lowest BCUT2D eigenvalue weighted by molar-refractivity contribution is -0.166. The Morgan fingerprint density at radius 1 is 1.13 bits per heavy atom. The molecule has 0 aromatic heterocycles.